The Morgan fingerprint density at radius 1 is 1.35 bits per heavy atom. The minimum absolute atomic E-state index is 0.107. The van der Waals surface area contributed by atoms with Crippen molar-refractivity contribution in [2.75, 3.05) is 12.4 Å². The summed E-state index contributed by atoms with van der Waals surface area (Å²) in [6.45, 7) is 2.72. The fraction of sp³-hybridized carbons (Fsp3) is 0.562. The van der Waals surface area contributed by atoms with Crippen LogP contribution in [0, 0.1) is 11.8 Å². The standard InChI is InChI=1S/C16H24N2O2/c1-11-3-6-13(7-4-11)16(19)18-14-8-5-12(10-17)9-15(14)20-2/h5,8-9,11,13H,3-4,6-7,10,17H2,1-2H3,(H,18,19). The maximum absolute atomic E-state index is 12.3. The van der Waals surface area contributed by atoms with Crippen molar-refractivity contribution in [1.29, 1.82) is 0 Å². The van der Waals surface area contributed by atoms with E-state index in [1.165, 1.54) is 0 Å². The number of hydrogen-bond donors (Lipinski definition) is 2. The van der Waals surface area contributed by atoms with Gasteiger partial charge in [-0.2, -0.15) is 0 Å². The lowest BCUT2D eigenvalue weighted by atomic mass is 9.82. The second-order valence-corrected chi connectivity index (χ2v) is 5.68. The van der Waals surface area contributed by atoms with Crippen LogP contribution >= 0.6 is 0 Å². The molecule has 1 aromatic rings. The Morgan fingerprint density at radius 3 is 2.65 bits per heavy atom. The lowest BCUT2D eigenvalue weighted by Crippen LogP contribution is -2.26. The molecule has 1 aliphatic rings. The van der Waals surface area contributed by atoms with Crippen molar-refractivity contribution in [3.8, 4) is 5.75 Å². The molecule has 0 radical (unpaired) electrons. The number of nitrogens with one attached hydrogen (secondary N) is 1. The minimum atomic E-state index is 0.107. The lowest BCUT2D eigenvalue weighted by molar-refractivity contribution is -0.121. The number of nitrogens with two attached hydrogens (primary N) is 1. The first-order chi connectivity index (χ1) is 9.63. The minimum Gasteiger partial charge on any atom is -0.495 e. The van der Waals surface area contributed by atoms with E-state index < -0.39 is 0 Å². The molecule has 3 N–H and O–H groups in total. The summed E-state index contributed by atoms with van der Waals surface area (Å²) in [6, 6.07) is 5.66. The number of carbonyl (C=O) groups excluding carboxylic acids is 1. The molecule has 1 saturated carbocycles. The molecule has 20 heavy (non-hydrogen) atoms. The van der Waals surface area contributed by atoms with E-state index >= 15 is 0 Å². The summed E-state index contributed by atoms with van der Waals surface area (Å²) in [5.41, 5.74) is 7.33. The number of hydrogen-bond acceptors (Lipinski definition) is 3. The molecule has 0 spiro atoms. The zero-order valence-electron chi connectivity index (χ0n) is 12.3. The molecule has 0 bridgehead atoms. The molecule has 4 heteroatoms. The van der Waals surface area contributed by atoms with Crippen LogP contribution in [0.2, 0.25) is 0 Å². The van der Waals surface area contributed by atoms with Crippen LogP contribution in [0.4, 0.5) is 5.69 Å². The van der Waals surface area contributed by atoms with Gasteiger partial charge >= 0.3 is 0 Å². The van der Waals surface area contributed by atoms with Gasteiger partial charge in [-0.05, 0) is 49.3 Å². The van der Waals surface area contributed by atoms with E-state index in [1.807, 2.05) is 18.2 Å². The van der Waals surface area contributed by atoms with Crippen LogP contribution in [0.5, 0.6) is 5.75 Å². The van der Waals surface area contributed by atoms with Crippen molar-refractivity contribution in [2.24, 2.45) is 17.6 Å². The summed E-state index contributed by atoms with van der Waals surface area (Å²) in [5, 5.41) is 2.99. The molecule has 4 nitrogen and oxygen atoms in total. The van der Waals surface area contributed by atoms with Gasteiger partial charge in [0.15, 0.2) is 0 Å². The maximum atomic E-state index is 12.3. The summed E-state index contributed by atoms with van der Waals surface area (Å²) >= 11 is 0. The average Bonchev–Trinajstić information content (AvgIpc) is 2.48. The Balaban J connectivity index is 2.03. The monoisotopic (exact) mass is 276 g/mol. The van der Waals surface area contributed by atoms with Gasteiger partial charge in [0.25, 0.3) is 0 Å². The highest BCUT2D eigenvalue weighted by molar-refractivity contribution is 5.94. The van der Waals surface area contributed by atoms with Crippen molar-refractivity contribution in [2.45, 2.75) is 39.2 Å². The van der Waals surface area contributed by atoms with Crippen molar-refractivity contribution in [1.82, 2.24) is 0 Å². The molecule has 110 valence electrons. The predicted octanol–water partition coefficient (Wildman–Crippen LogP) is 2.92. The summed E-state index contributed by atoms with van der Waals surface area (Å²) in [6.07, 6.45) is 4.25. The van der Waals surface area contributed by atoms with Crippen LogP contribution in [0.3, 0.4) is 0 Å². The van der Waals surface area contributed by atoms with Crippen LogP contribution in [0.1, 0.15) is 38.2 Å². The highest BCUT2D eigenvalue weighted by atomic mass is 16.5. The molecule has 1 amide bonds. The Labute approximate surface area is 120 Å². The first-order valence-corrected chi connectivity index (χ1v) is 7.32. The van der Waals surface area contributed by atoms with Crippen LogP contribution in [0.15, 0.2) is 18.2 Å². The fourth-order valence-corrected chi connectivity index (χ4v) is 2.72. The van der Waals surface area contributed by atoms with E-state index in [2.05, 4.69) is 12.2 Å². The van der Waals surface area contributed by atoms with E-state index in [4.69, 9.17) is 10.5 Å². The third-order valence-corrected chi connectivity index (χ3v) is 4.15. The smallest absolute Gasteiger partial charge is 0.227 e. The average molecular weight is 276 g/mol. The van der Waals surface area contributed by atoms with Gasteiger partial charge in [0.05, 0.1) is 12.8 Å². The van der Waals surface area contributed by atoms with Crippen molar-refractivity contribution < 1.29 is 9.53 Å². The van der Waals surface area contributed by atoms with Crippen molar-refractivity contribution in [3.63, 3.8) is 0 Å². The van der Waals surface area contributed by atoms with E-state index in [1.54, 1.807) is 7.11 Å². The largest absolute Gasteiger partial charge is 0.495 e. The number of benzene rings is 1. The molecule has 0 aliphatic heterocycles. The molecular weight excluding hydrogens is 252 g/mol. The summed E-state index contributed by atoms with van der Waals surface area (Å²) in [5.74, 6) is 1.66. The quantitative estimate of drug-likeness (QED) is 0.888. The Bertz CT molecular complexity index is 466. The highest BCUT2D eigenvalue weighted by Gasteiger charge is 2.24. The number of carbonyl (C=O) groups is 1. The number of methoxy groups -OCH3 is 1. The van der Waals surface area contributed by atoms with Gasteiger partial charge in [0.2, 0.25) is 5.91 Å². The zero-order valence-corrected chi connectivity index (χ0v) is 12.3. The maximum Gasteiger partial charge on any atom is 0.227 e. The predicted molar refractivity (Wildman–Crippen MR) is 80.6 cm³/mol. The van der Waals surface area contributed by atoms with Crippen LogP contribution in [-0.4, -0.2) is 13.0 Å². The molecule has 0 atom stereocenters. The molecule has 0 heterocycles. The third kappa shape index (κ3) is 3.51. The second kappa shape index (κ2) is 6.75. The zero-order chi connectivity index (χ0) is 14.5. The SMILES string of the molecule is COc1cc(CN)ccc1NC(=O)C1CCC(C)CC1. The number of anilines is 1. The van der Waals surface area contributed by atoms with E-state index in [0.717, 1.165) is 42.9 Å². The van der Waals surface area contributed by atoms with Gasteiger partial charge in [-0.1, -0.05) is 13.0 Å². The second-order valence-electron chi connectivity index (χ2n) is 5.68. The molecule has 1 fully saturated rings. The fourth-order valence-electron chi connectivity index (χ4n) is 2.72. The topological polar surface area (TPSA) is 64.3 Å². The third-order valence-electron chi connectivity index (χ3n) is 4.15. The molecule has 0 aromatic heterocycles. The number of ether oxygens (including phenoxy) is 1. The molecular formula is C16H24N2O2. The van der Waals surface area contributed by atoms with Crippen LogP contribution in [-0.2, 0) is 11.3 Å². The first kappa shape index (κ1) is 14.9. The molecule has 0 saturated heterocycles. The summed E-state index contributed by atoms with van der Waals surface area (Å²) < 4.78 is 5.32. The molecule has 0 unspecified atom stereocenters. The Kier molecular flexibility index (Phi) is 5.01. The van der Waals surface area contributed by atoms with E-state index in [0.29, 0.717) is 12.3 Å². The van der Waals surface area contributed by atoms with Gasteiger partial charge in [-0.3, -0.25) is 4.79 Å². The Morgan fingerprint density at radius 2 is 2.05 bits per heavy atom. The summed E-state index contributed by atoms with van der Waals surface area (Å²) in [7, 11) is 1.60. The van der Waals surface area contributed by atoms with E-state index in [-0.39, 0.29) is 11.8 Å². The first-order valence-electron chi connectivity index (χ1n) is 7.32. The van der Waals surface area contributed by atoms with Gasteiger partial charge in [-0.25, -0.2) is 0 Å². The Hall–Kier alpha value is -1.55. The van der Waals surface area contributed by atoms with Crippen molar-refractivity contribution >= 4 is 11.6 Å². The van der Waals surface area contributed by atoms with Gasteiger partial charge < -0.3 is 15.8 Å². The van der Waals surface area contributed by atoms with Gasteiger partial charge in [0, 0.05) is 12.5 Å². The number of amides is 1. The molecule has 2 rings (SSSR count). The van der Waals surface area contributed by atoms with Crippen molar-refractivity contribution in [3.05, 3.63) is 23.8 Å². The van der Waals surface area contributed by atoms with Crippen LogP contribution in [0.25, 0.3) is 0 Å². The molecule has 1 aliphatic carbocycles. The summed E-state index contributed by atoms with van der Waals surface area (Å²) in [4.78, 5) is 12.3. The van der Waals surface area contributed by atoms with Gasteiger partial charge in [-0.15, -0.1) is 0 Å². The lowest BCUT2D eigenvalue weighted by Gasteiger charge is -2.25. The highest BCUT2D eigenvalue weighted by Crippen LogP contribution is 2.31. The molecule has 1 aromatic carbocycles. The van der Waals surface area contributed by atoms with E-state index in [9.17, 15) is 4.79 Å². The number of rotatable bonds is 4. The normalized spacial score (nSPS) is 22.4. The van der Waals surface area contributed by atoms with Crippen LogP contribution < -0.4 is 15.8 Å². The van der Waals surface area contributed by atoms with Gasteiger partial charge in [0.1, 0.15) is 5.75 Å².